The van der Waals surface area contributed by atoms with E-state index in [0.29, 0.717) is 29.6 Å². The molecule has 6 nitrogen and oxygen atoms in total. The maximum absolute atomic E-state index is 12.0. The summed E-state index contributed by atoms with van der Waals surface area (Å²) in [6.07, 6.45) is 4.49. The van der Waals surface area contributed by atoms with Crippen LogP contribution in [-0.4, -0.2) is 23.3 Å². The van der Waals surface area contributed by atoms with Crippen molar-refractivity contribution in [3.63, 3.8) is 0 Å². The second-order valence-electron chi connectivity index (χ2n) is 6.22. The molecule has 1 aliphatic carbocycles. The summed E-state index contributed by atoms with van der Waals surface area (Å²) in [5, 5.41) is 5.62. The fraction of sp³-hybridized carbons (Fsp3) is 0.316. The maximum Gasteiger partial charge on any atom is 0.226 e. The number of hydrogen-bond donors (Lipinski definition) is 2. The average Bonchev–Trinajstić information content (AvgIpc) is 3.33. The number of hydrogen-bond acceptors (Lipinski definition) is 4. The molecule has 0 unspecified atom stereocenters. The predicted octanol–water partition coefficient (Wildman–Crippen LogP) is 2.97. The first-order valence-corrected chi connectivity index (χ1v) is 8.37. The maximum atomic E-state index is 12.0. The highest BCUT2D eigenvalue weighted by atomic mass is 16.5. The molecule has 0 radical (unpaired) electrons. The van der Waals surface area contributed by atoms with E-state index in [1.54, 1.807) is 36.7 Å². The van der Waals surface area contributed by atoms with Gasteiger partial charge in [0.25, 0.3) is 0 Å². The number of ether oxygens (including phenoxy) is 1. The number of aromatic nitrogens is 1. The second kappa shape index (κ2) is 7.79. The zero-order chi connectivity index (χ0) is 17.6. The van der Waals surface area contributed by atoms with Gasteiger partial charge in [0.2, 0.25) is 11.8 Å². The Labute approximate surface area is 146 Å². The number of nitrogens with one attached hydrogen (secondary N) is 2. The molecule has 2 amide bonds. The third-order valence-electron chi connectivity index (χ3n) is 4.10. The van der Waals surface area contributed by atoms with Crippen LogP contribution in [0, 0.1) is 11.8 Å². The van der Waals surface area contributed by atoms with Gasteiger partial charge in [-0.15, -0.1) is 0 Å². The molecule has 0 spiro atoms. The summed E-state index contributed by atoms with van der Waals surface area (Å²) in [4.78, 5) is 27.6. The Morgan fingerprint density at radius 2 is 1.96 bits per heavy atom. The quantitative estimate of drug-likeness (QED) is 0.813. The molecule has 6 heteroatoms. The lowest BCUT2D eigenvalue weighted by Gasteiger charge is -2.09. The van der Waals surface area contributed by atoms with E-state index >= 15 is 0 Å². The molecule has 1 aromatic carbocycles. The number of carbonyl (C=O) groups is 2. The third-order valence-corrected chi connectivity index (χ3v) is 4.10. The molecular weight excluding hydrogens is 318 g/mol. The van der Waals surface area contributed by atoms with Crippen LogP contribution >= 0.6 is 0 Å². The highest BCUT2D eigenvalue weighted by Gasteiger charge is 2.38. The van der Waals surface area contributed by atoms with Crippen LogP contribution in [0.2, 0.25) is 0 Å². The van der Waals surface area contributed by atoms with Gasteiger partial charge >= 0.3 is 0 Å². The van der Waals surface area contributed by atoms with Crippen molar-refractivity contribution in [2.45, 2.75) is 19.8 Å². The first kappa shape index (κ1) is 17.0. The van der Waals surface area contributed by atoms with E-state index in [-0.39, 0.29) is 24.2 Å². The Morgan fingerprint density at radius 1 is 1.20 bits per heavy atom. The molecule has 1 aliphatic rings. The average molecular weight is 339 g/mol. The normalized spacial score (nSPS) is 18.3. The van der Waals surface area contributed by atoms with E-state index in [9.17, 15) is 9.59 Å². The molecule has 2 aromatic rings. The molecule has 3 rings (SSSR count). The summed E-state index contributed by atoms with van der Waals surface area (Å²) in [6.45, 7) is 2.40. The van der Waals surface area contributed by atoms with E-state index in [1.807, 2.05) is 12.1 Å². The lowest BCUT2D eigenvalue weighted by Crippen LogP contribution is -2.29. The number of benzene rings is 1. The summed E-state index contributed by atoms with van der Waals surface area (Å²) >= 11 is 0. The zero-order valence-electron chi connectivity index (χ0n) is 14.1. The Balaban J connectivity index is 1.46. The summed E-state index contributed by atoms with van der Waals surface area (Å²) < 4.78 is 5.71. The number of carbonyl (C=O) groups excluding carboxylic acids is 2. The van der Waals surface area contributed by atoms with Crippen LogP contribution in [0.3, 0.4) is 0 Å². The lowest BCUT2D eigenvalue weighted by molar-refractivity contribution is -0.122. The zero-order valence-corrected chi connectivity index (χ0v) is 14.1. The van der Waals surface area contributed by atoms with Crippen molar-refractivity contribution in [1.29, 1.82) is 0 Å². The van der Waals surface area contributed by atoms with Crippen LogP contribution in [0.5, 0.6) is 11.5 Å². The van der Waals surface area contributed by atoms with Crippen LogP contribution in [0.15, 0.2) is 48.8 Å². The van der Waals surface area contributed by atoms with Crippen LogP contribution in [0.25, 0.3) is 0 Å². The van der Waals surface area contributed by atoms with E-state index in [0.717, 1.165) is 6.42 Å². The van der Waals surface area contributed by atoms with Gasteiger partial charge in [0.05, 0.1) is 0 Å². The molecule has 2 N–H and O–H groups in total. The fourth-order valence-corrected chi connectivity index (χ4v) is 2.52. The van der Waals surface area contributed by atoms with E-state index < -0.39 is 0 Å². The fourth-order valence-electron chi connectivity index (χ4n) is 2.52. The van der Waals surface area contributed by atoms with E-state index in [4.69, 9.17) is 4.74 Å². The molecule has 2 atom stereocenters. The molecule has 1 saturated carbocycles. The van der Waals surface area contributed by atoms with Crippen molar-refractivity contribution in [2.75, 3.05) is 11.9 Å². The van der Waals surface area contributed by atoms with Crippen LogP contribution < -0.4 is 15.4 Å². The van der Waals surface area contributed by atoms with Gasteiger partial charge in [-0.3, -0.25) is 14.6 Å². The number of anilines is 1. The second-order valence-corrected chi connectivity index (χ2v) is 6.22. The van der Waals surface area contributed by atoms with E-state index in [2.05, 4.69) is 22.5 Å². The molecule has 130 valence electrons. The van der Waals surface area contributed by atoms with Crippen LogP contribution in [0.1, 0.15) is 19.8 Å². The first-order chi connectivity index (χ1) is 12.1. The number of nitrogens with zero attached hydrogens (tertiary/aromatic N) is 1. The van der Waals surface area contributed by atoms with Gasteiger partial charge in [0, 0.05) is 43.0 Å². The van der Waals surface area contributed by atoms with Gasteiger partial charge < -0.3 is 15.4 Å². The third kappa shape index (κ3) is 5.04. The smallest absolute Gasteiger partial charge is 0.226 e. The molecule has 0 aliphatic heterocycles. The van der Waals surface area contributed by atoms with Crippen LogP contribution in [-0.2, 0) is 9.59 Å². The van der Waals surface area contributed by atoms with Gasteiger partial charge in [-0.25, -0.2) is 0 Å². The molecule has 1 heterocycles. The van der Waals surface area contributed by atoms with Crippen molar-refractivity contribution in [1.82, 2.24) is 10.3 Å². The van der Waals surface area contributed by atoms with E-state index in [1.165, 1.54) is 0 Å². The highest BCUT2D eigenvalue weighted by Crippen LogP contribution is 2.37. The summed E-state index contributed by atoms with van der Waals surface area (Å²) in [5.74, 6) is 1.80. The standard InChI is InChI=1S/C19H21N3O3/c1-13-11-17(13)19(24)21-10-7-18(23)22-14-3-2-4-16(12-14)25-15-5-8-20-9-6-15/h2-6,8-9,12-13,17H,7,10-11H2,1H3,(H,21,24)(H,22,23)/t13-,17-/m1/s1. The Bertz CT molecular complexity index is 749. The number of pyridine rings is 1. The highest BCUT2D eigenvalue weighted by molar-refractivity contribution is 5.91. The van der Waals surface area contributed by atoms with Gasteiger partial charge in [-0.1, -0.05) is 13.0 Å². The van der Waals surface area contributed by atoms with Crippen molar-refractivity contribution in [3.05, 3.63) is 48.8 Å². The Hall–Kier alpha value is -2.89. The minimum absolute atomic E-state index is 0.0491. The van der Waals surface area contributed by atoms with Crippen molar-refractivity contribution in [2.24, 2.45) is 11.8 Å². The van der Waals surface area contributed by atoms with Gasteiger partial charge in [-0.05, 0) is 36.6 Å². The predicted molar refractivity (Wildman–Crippen MR) is 94.3 cm³/mol. The van der Waals surface area contributed by atoms with Gasteiger partial charge in [0.1, 0.15) is 11.5 Å². The largest absolute Gasteiger partial charge is 0.457 e. The minimum Gasteiger partial charge on any atom is -0.457 e. The summed E-state index contributed by atoms with van der Waals surface area (Å²) in [5.41, 5.74) is 0.652. The topological polar surface area (TPSA) is 80.3 Å². The van der Waals surface area contributed by atoms with Crippen molar-refractivity contribution < 1.29 is 14.3 Å². The number of amides is 2. The summed E-state index contributed by atoms with van der Waals surface area (Å²) in [7, 11) is 0. The molecule has 1 aromatic heterocycles. The molecule has 0 saturated heterocycles. The summed E-state index contributed by atoms with van der Waals surface area (Å²) in [6, 6.07) is 10.7. The molecular formula is C19H21N3O3. The van der Waals surface area contributed by atoms with Gasteiger partial charge in [-0.2, -0.15) is 0 Å². The Kier molecular flexibility index (Phi) is 5.28. The van der Waals surface area contributed by atoms with Gasteiger partial charge in [0.15, 0.2) is 0 Å². The Morgan fingerprint density at radius 3 is 2.68 bits per heavy atom. The van der Waals surface area contributed by atoms with Crippen molar-refractivity contribution >= 4 is 17.5 Å². The molecule has 0 bridgehead atoms. The number of rotatable bonds is 7. The van der Waals surface area contributed by atoms with Crippen LogP contribution in [0.4, 0.5) is 5.69 Å². The first-order valence-electron chi connectivity index (χ1n) is 8.37. The monoisotopic (exact) mass is 339 g/mol. The van der Waals surface area contributed by atoms with Crippen molar-refractivity contribution in [3.8, 4) is 11.5 Å². The SMILES string of the molecule is C[C@@H]1C[C@H]1C(=O)NCCC(=O)Nc1cccc(Oc2ccncc2)c1. The lowest BCUT2D eigenvalue weighted by atomic mass is 10.2. The minimum atomic E-state index is -0.148. The molecule has 25 heavy (non-hydrogen) atoms. The molecule has 1 fully saturated rings.